The second kappa shape index (κ2) is 9.09. The first kappa shape index (κ1) is 22.6. The van der Waals surface area contributed by atoms with Gasteiger partial charge in [-0.15, -0.1) is 0 Å². The Labute approximate surface area is 190 Å². The van der Waals surface area contributed by atoms with Gasteiger partial charge in [-0.1, -0.05) is 12.1 Å². The molecule has 1 aliphatic rings. The monoisotopic (exact) mass is 457 g/mol. The first-order valence-electron chi connectivity index (χ1n) is 10.9. The van der Waals surface area contributed by atoms with E-state index in [0.717, 1.165) is 67.6 Å². The fourth-order valence-electron chi connectivity index (χ4n) is 4.24. The van der Waals surface area contributed by atoms with E-state index in [0.29, 0.717) is 0 Å². The van der Waals surface area contributed by atoms with Gasteiger partial charge in [0.2, 0.25) is 10.0 Å². The Morgan fingerprint density at radius 2 is 1.78 bits per heavy atom. The fraction of sp³-hybridized carbons (Fsp3) is 0.435. The van der Waals surface area contributed by atoms with Gasteiger partial charge in [0.15, 0.2) is 0 Å². The van der Waals surface area contributed by atoms with Gasteiger partial charge in [0.1, 0.15) is 11.6 Å². The molecule has 172 valence electrons. The van der Waals surface area contributed by atoms with E-state index in [1.165, 1.54) is 4.31 Å². The standard InChI is InChI=1S/C23H31N5O3S/c1-5-28-20-11-10-18(32(29,30)25(2)3)16-19(20)24-23(28)17-26-12-14-27(15-13-26)21-8-6-7-9-22(21)31-4/h6-11,16H,5,12-15,17H2,1-4H3. The molecule has 0 bridgehead atoms. The van der Waals surface area contributed by atoms with Crippen LogP contribution in [0, 0.1) is 0 Å². The molecule has 32 heavy (non-hydrogen) atoms. The molecule has 1 aromatic heterocycles. The van der Waals surface area contributed by atoms with E-state index in [1.54, 1.807) is 33.3 Å². The summed E-state index contributed by atoms with van der Waals surface area (Å²) < 4.78 is 34.0. The van der Waals surface area contributed by atoms with Crippen LogP contribution in [-0.2, 0) is 23.1 Å². The van der Waals surface area contributed by atoms with Gasteiger partial charge in [-0.3, -0.25) is 4.90 Å². The lowest BCUT2D eigenvalue weighted by molar-refractivity contribution is 0.240. The van der Waals surface area contributed by atoms with Crippen molar-refractivity contribution < 1.29 is 13.2 Å². The van der Waals surface area contributed by atoms with Crippen LogP contribution in [0.25, 0.3) is 11.0 Å². The molecule has 0 spiro atoms. The summed E-state index contributed by atoms with van der Waals surface area (Å²) in [7, 11) is 1.31. The summed E-state index contributed by atoms with van der Waals surface area (Å²) in [5.41, 5.74) is 2.82. The molecule has 0 atom stereocenters. The molecule has 2 heterocycles. The van der Waals surface area contributed by atoms with Crippen molar-refractivity contribution in [2.45, 2.75) is 24.9 Å². The molecular formula is C23H31N5O3S. The van der Waals surface area contributed by atoms with Crippen LogP contribution in [0.5, 0.6) is 5.75 Å². The average Bonchev–Trinajstić information content (AvgIpc) is 3.15. The number of anilines is 1. The smallest absolute Gasteiger partial charge is 0.242 e. The Kier molecular flexibility index (Phi) is 6.41. The Bertz CT molecular complexity index is 1200. The lowest BCUT2D eigenvalue weighted by Crippen LogP contribution is -2.46. The Morgan fingerprint density at radius 3 is 2.44 bits per heavy atom. The molecule has 1 aliphatic heterocycles. The van der Waals surface area contributed by atoms with Crippen LogP contribution in [0.2, 0.25) is 0 Å². The fourth-order valence-corrected chi connectivity index (χ4v) is 5.16. The second-order valence-corrected chi connectivity index (χ2v) is 10.3. The molecule has 0 amide bonds. The number of hydrogen-bond acceptors (Lipinski definition) is 6. The number of imidazole rings is 1. The zero-order valence-corrected chi connectivity index (χ0v) is 20.0. The summed E-state index contributed by atoms with van der Waals surface area (Å²) in [6.45, 7) is 7.28. The van der Waals surface area contributed by atoms with Gasteiger partial charge in [0.05, 0.1) is 35.3 Å². The number of fused-ring (bicyclic) bond motifs is 1. The molecule has 0 unspecified atom stereocenters. The predicted molar refractivity (Wildman–Crippen MR) is 127 cm³/mol. The highest BCUT2D eigenvalue weighted by atomic mass is 32.2. The van der Waals surface area contributed by atoms with Gasteiger partial charge in [0.25, 0.3) is 0 Å². The van der Waals surface area contributed by atoms with Crippen LogP contribution >= 0.6 is 0 Å². The van der Waals surface area contributed by atoms with E-state index < -0.39 is 10.0 Å². The molecule has 3 aromatic rings. The first-order chi connectivity index (χ1) is 15.3. The average molecular weight is 458 g/mol. The maximum Gasteiger partial charge on any atom is 0.242 e. The third kappa shape index (κ3) is 4.20. The number of piperazine rings is 1. The molecule has 8 nitrogen and oxygen atoms in total. The Hall–Kier alpha value is -2.62. The summed E-state index contributed by atoms with van der Waals surface area (Å²) in [4.78, 5) is 9.85. The molecular weight excluding hydrogens is 426 g/mol. The van der Waals surface area contributed by atoms with E-state index in [-0.39, 0.29) is 4.90 Å². The van der Waals surface area contributed by atoms with E-state index in [9.17, 15) is 8.42 Å². The minimum absolute atomic E-state index is 0.271. The van der Waals surface area contributed by atoms with E-state index in [2.05, 4.69) is 27.4 Å². The van der Waals surface area contributed by atoms with Crippen molar-refractivity contribution >= 4 is 26.7 Å². The summed E-state index contributed by atoms with van der Waals surface area (Å²) in [6.07, 6.45) is 0. The van der Waals surface area contributed by atoms with Crippen LogP contribution in [0.4, 0.5) is 5.69 Å². The van der Waals surface area contributed by atoms with Crippen molar-refractivity contribution in [2.24, 2.45) is 0 Å². The largest absolute Gasteiger partial charge is 0.495 e. The number of nitrogens with zero attached hydrogens (tertiary/aromatic N) is 5. The number of para-hydroxylation sites is 2. The number of benzene rings is 2. The van der Waals surface area contributed by atoms with Gasteiger partial charge in [-0.25, -0.2) is 17.7 Å². The van der Waals surface area contributed by atoms with Crippen molar-refractivity contribution in [3.05, 3.63) is 48.3 Å². The van der Waals surface area contributed by atoms with Crippen LogP contribution < -0.4 is 9.64 Å². The highest BCUT2D eigenvalue weighted by Crippen LogP contribution is 2.29. The van der Waals surface area contributed by atoms with Gasteiger partial charge < -0.3 is 14.2 Å². The highest BCUT2D eigenvalue weighted by molar-refractivity contribution is 7.89. The van der Waals surface area contributed by atoms with Crippen LogP contribution in [0.3, 0.4) is 0 Å². The van der Waals surface area contributed by atoms with Crippen molar-refractivity contribution in [1.29, 1.82) is 0 Å². The summed E-state index contributed by atoms with van der Waals surface area (Å²) in [5, 5.41) is 0. The van der Waals surface area contributed by atoms with Crippen molar-refractivity contribution in [3.63, 3.8) is 0 Å². The Morgan fingerprint density at radius 1 is 1.06 bits per heavy atom. The zero-order valence-electron chi connectivity index (χ0n) is 19.2. The molecule has 0 radical (unpaired) electrons. The number of sulfonamides is 1. The molecule has 1 fully saturated rings. The lowest BCUT2D eigenvalue weighted by Gasteiger charge is -2.36. The summed E-state index contributed by atoms with van der Waals surface area (Å²) in [6, 6.07) is 13.3. The number of rotatable bonds is 7. The number of hydrogen-bond donors (Lipinski definition) is 0. The van der Waals surface area contributed by atoms with Crippen molar-refractivity contribution in [3.8, 4) is 5.75 Å². The highest BCUT2D eigenvalue weighted by Gasteiger charge is 2.23. The van der Waals surface area contributed by atoms with Gasteiger partial charge in [-0.05, 0) is 37.3 Å². The van der Waals surface area contributed by atoms with E-state index in [1.807, 2.05) is 24.3 Å². The predicted octanol–water partition coefficient (Wildman–Crippen LogP) is 2.64. The Balaban J connectivity index is 1.52. The number of methoxy groups -OCH3 is 1. The lowest BCUT2D eigenvalue weighted by atomic mass is 10.2. The van der Waals surface area contributed by atoms with Crippen molar-refractivity contribution in [1.82, 2.24) is 18.8 Å². The molecule has 1 saturated heterocycles. The summed E-state index contributed by atoms with van der Waals surface area (Å²) >= 11 is 0. The second-order valence-electron chi connectivity index (χ2n) is 8.15. The first-order valence-corrected chi connectivity index (χ1v) is 12.3. The molecule has 9 heteroatoms. The zero-order chi connectivity index (χ0) is 22.9. The number of ether oxygens (including phenoxy) is 1. The third-order valence-corrected chi connectivity index (χ3v) is 7.87. The van der Waals surface area contributed by atoms with Gasteiger partial charge in [0, 0.05) is 46.8 Å². The van der Waals surface area contributed by atoms with E-state index in [4.69, 9.17) is 9.72 Å². The van der Waals surface area contributed by atoms with Gasteiger partial charge in [-0.2, -0.15) is 0 Å². The molecule has 0 aliphatic carbocycles. The van der Waals surface area contributed by atoms with Gasteiger partial charge >= 0.3 is 0 Å². The molecule has 0 saturated carbocycles. The summed E-state index contributed by atoms with van der Waals surface area (Å²) in [5.74, 6) is 1.87. The molecule has 0 N–H and O–H groups in total. The SMILES string of the molecule is CCn1c(CN2CCN(c3ccccc3OC)CC2)nc2cc(S(=O)(=O)N(C)C)ccc21. The van der Waals surface area contributed by atoms with Crippen LogP contribution in [0.15, 0.2) is 47.4 Å². The quantitative estimate of drug-likeness (QED) is 0.543. The maximum atomic E-state index is 12.5. The number of aromatic nitrogens is 2. The molecule has 2 aromatic carbocycles. The van der Waals surface area contributed by atoms with E-state index >= 15 is 0 Å². The topological polar surface area (TPSA) is 70.9 Å². The van der Waals surface area contributed by atoms with Crippen LogP contribution in [0.1, 0.15) is 12.7 Å². The normalized spacial score (nSPS) is 15.6. The minimum Gasteiger partial charge on any atom is -0.495 e. The van der Waals surface area contributed by atoms with Crippen molar-refractivity contribution in [2.75, 3.05) is 52.3 Å². The third-order valence-electron chi connectivity index (χ3n) is 6.06. The van der Waals surface area contributed by atoms with Crippen LogP contribution in [-0.4, -0.2) is 74.6 Å². The number of aryl methyl sites for hydroxylation is 1. The molecule has 4 rings (SSSR count). The maximum absolute atomic E-state index is 12.5. The minimum atomic E-state index is -3.49.